The predicted molar refractivity (Wildman–Crippen MR) is 264 cm³/mol. The Hall–Kier alpha value is -7.92. The van der Waals surface area contributed by atoms with Gasteiger partial charge in [0.05, 0.1) is 27.1 Å². The number of thiophene rings is 1. The van der Waals surface area contributed by atoms with Gasteiger partial charge in [-0.2, -0.15) is 0 Å². The highest BCUT2D eigenvalue weighted by molar-refractivity contribution is 7.26. The molecule has 0 radical (unpaired) electrons. The quantitative estimate of drug-likeness (QED) is 0.167. The molecule has 62 heavy (non-hydrogen) atoms. The summed E-state index contributed by atoms with van der Waals surface area (Å²) in [5, 5.41) is 9.40. The van der Waals surface area contributed by atoms with Gasteiger partial charge in [-0.3, -0.25) is 0 Å². The maximum Gasteiger partial charge on any atom is 0.143 e. The lowest BCUT2D eigenvalue weighted by atomic mass is 9.95. The van der Waals surface area contributed by atoms with Gasteiger partial charge in [-0.15, -0.1) is 11.3 Å². The minimum atomic E-state index is 0.874. The molecule has 290 valence electrons. The zero-order valence-electron chi connectivity index (χ0n) is 33.5. The molecule has 13 rings (SSSR count). The van der Waals surface area contributed by atoms with Crippen LogP contribution in [-0.4, -0.2) is 4.57 Å². The smallest absolute Gasteiger partial charge is 0.143 e. The molecular formula is C58H36N2OS. The van der Waals surface area contributed by atoms with E-state index in [0.717, 1.165) is 55.6 Å². The lowest BCUT2D eigenvalue weighted by molar-refractivity contribution is 0.672. The van der Waals surface area contributed by atoms with Crippen molar-refractivity contribution in [2.75, 3.05) is 4.90 Å². The van der Waals surface area contributed by atoms with Crippen LogP contribution in [0, 0.1) is 0 Å². The topological polar surface area (TPSA) is 21.3 Å². The number of hydrogen-bond acceptors (Lipinski definition) is 3. The van der Waals surface area contributed by atoms with E-state index in [2.05, 4.69) is 228 Å². The molecule has 0 saturated heterocycles. The van der Waals surface area contributed by atoms with Gasteiger partial charge in [-0.05, 0) is 94.9 Å². The first-order chi connectivity index (χ1) is 30.8. The van der Waals surface area contributed by atoms with E-state index >= 15 is 0 Å². The van der Waals surface area contributed by atoms with Crippen LogP contribution in [0.4, 0.5) is 17.1 Å². The summed E-state index contributed by atoms with van der Waals surface area (Å²) in [4.78, 5) is 2.51. The molecule has 0 fully saturated rings. The van der Waals surface area contributed by atoms with Gasteiger partial charge < -0.3 is 13.9 Å². The largest absolute Gasteiger partial charge is 0.455 e. The van der Waals surface area contributed by atoms with E-state index < -0.39 is 0 Å². The fraction of sp³-hybridized carbons (Fsp3) is 0. The monoisotopic (exact) mass is 808 g/mol. The maximum absolute atomic E-state index is 6.69. The number of para-hydroxylation sites is 1. The predicted octanol–water partition coefficient (Wildman–Crippen LogP) is 17.0. The summed E-state index contributed by atoms with van der Waals surface area (Å²) in [6.07, 6.45) is 0. The summed E-state index contributed by atoms with van der Waals surface area (Å²) in [5.41, 5.74) is 13.2. The first-order valence-corrected chi connectivity index (χ1v) is 21.9. The molecule has 4 heteroatoms. The van der Waals surface area contributed by atoms with E-state index in [1.54, 1.807) is 0 Å². The van der Waals surface area contributed by atoms with Gasteiger partial charge >= 0.3 is 0 Å². The number of aromatic nitrogens is 1. The number of anilines is 3. The van der Waals surface area contributed by atoms with E-state index in [0.29, 0.717) is 0 Å². The van der Waals surface area contributed by atoms with Gasteiger partial charge in [0.25, 0.3) is 0 Å². The van der Waals surface area contributed by atoms with Gasteiger partial charge in [0, 0.05) is 59.3 Å². The Morgan fingerprint density at radius 2 is 1.13 bits per heavy atom. The van der Waals surface area contributed by atoms with Crippen molar-refractivity contribution in [2.45, 2.75) is 0 Å². The van der Waals surface area contributed by atoms with Crippen molar-refractivity contribution < 1.29 is 4.42 Å². The van der Waals surface area contributed by atoms with Crippen LogP contribution >= 0.6 is 11.3 Å². The van der Waals surface area contributed by atoms with Gasteiger partial charge in [0.1, 0.15) is 11.2 Å². The molecule has 13 aromatic rings. The summed E-state index contributed by atoms with van der Waals surface area (Å²) in [6.45, 7) is 0. The van der Waals surface area contributed by atoms with E-state index in [4.69, 9.17) is 4.42 Å². The number of fused-ring (bicyclic) bond motifs is 11. The van der Waals surface area contributed by atoms with Crippen LogP contribution in [0.5, 0.6) is 0 Å². The van der Waals surface area contributed by atoms with Crippen LogP contribution in [0.25, 0.3) is 103 Å². The molecule has 0 amide bonds. The molecule has 0 aliphatic carbocycles. The summed E-state index contributed by atoms with van der Waals surface area (Å²) in [6, 6.07) is 79.3. The molecular weight excluding hydrogens is 773 g/mol. The van der Waals surface area contributed by atoms with Crippen molar-refractivity contribution in [1.29, 1.82) is 0 Å². The molecule has 0 N–H and O–H groups in total. The fourth-order valence-electron chi connectivity index (χ4n) is 9.79. The van der Waals surface area contributed by atoms with Crippen LogP contribution in [0.3, 0.4) is 0 Å². The number of rotatable bonds is 6. The van der Waals surface area contributed by atoms with Crippen LogP contribution in [0.2, 0.25) is 0 Å². The number of benzene rings is 10. The molecule has 0 aliphatic heterocycles. The number of nitrogens with zero attached hydrogens (tertiary/aromatic N) is 2. The SMILES string of the molecule is c1ccc(-c2cc(-c3ccccc3)c3c(c2)c2c(N(c4ccc5oc6c7ccccc7ccc6c5c4)c4cccc5c4sc4ccccc45)cccc2n3-c2ccccc2)cc1. The second-order valence-corrected chi connectivity index (χ2v) is 17.1. The summed E-state index contributed by atoms with van der Waals surface area (Å²) in [5.74, 6) is 0. The molecule has 0 atom stereocenters. The lowest BCUT2D eigenvalue weighted by Crippen LogP contribution is -2.10. The summed E-state index contributed by atoms with van der Waals surface area (Å²) in [7, 11) is 0. The molecule has 0 saturated carbocycles. The third-order valence-electron chi connectivity index (χ3n) is 12.5. The molecule has 3 aromatic heterocycles. The molecule has 10 aromatic carbocycles. The number of hydrogen-bond donors (Lipinski definition) is 0. The van der Waals surface area contributed by atoms with E-state index in [1.165, 1.54) is 64.1 Å². The van der Waals surface area contributed by atoms with Crippen LogP contribution in [0.1, 0.15) is 0 Å². The lowest BCUT2D eigenvalue weighted by Gasteiger charge is -2.27. The van der Waals surface area contributed by atoms with Crippen LogP contribution in [0.15, 0.2) is 223 Å². The summed E-state index contributed by atoms with van der Waals surface area (Å²) < 4.78 is 11.7. The first-order valence-electron chi connectivity index (χ1n) is 21.1. The zero-order chi connectivity index (χ0) is 40.7. The highest BCUT2D eigenvalue weighted by Gasteiger charge is 2.26. The Morgan fingerprint density at radius 3 is 1.97 bits per heavy atom. The minimum absolute atomic E-state index is 0.874. The molecule has 3 nitrogen and oxygen atoms in total. The first kappa shape index (κ1) is 34.9. The molecule has 3 heterocycles. The van der Waals surface area contributed by atoms with E-state index in [1.807, 2.05) is 11.3 Å². The Labute approximate surface area is 361 Å². The van der Waals surface area contributed by atoms with Crippen LogP contribution in [-0.2, 0) is 0 Å². The van der Waals surface area contributed by atoms with Crippen LogP contribution < -0.4 is 4.90 Å². The van der Waals surface area contributed by atoms with Gasteiger partial charge in [-0.1, -0.05) is 146 Å². The van der Waals surface area contributed by atoms with E-state index in [-0.39, 0.29) is 0 Å². The van der Waals surface area contributed by atoms with Crippen molar-refractivity contribution >= 4 is 103 Å². The molecule has 0 spiro atoms. The van der Waals surface area contributed by atoms with Crippen molar-refractivity contribution in [3.8, 4) is 27.9 Å². The molecule has 0 unspecified atom stereocenters. The summed E-state index contributed by atoms with van der Waals surface area (Å²) >= 11 is 1.86. The van der Waals surface area contributed by atoms with Gasteiger partial charge in [-0.25, -0.2) is 0 Å². The fourth-order valence-corrected chi connectivity index (χ4v) is 11.0. The van der Waals surface area contributed by atoms with Crippen molar-refractivity contribution in [1.82, 2.24) is 4.57 Å². The highest BCUT2D eigenvalue weighted by Crippen LogP contribution is 2.51. The average molecular weight is 809 g/mol. The maximum atomic E-state index is 6.69. The van der Waals surface area contributed by atoms with E-state index in [9.17, 15) is 0 Å². The van der Waals surface area contributed by atoms with Gasteiger partial charge in [0.2, 0.25) is 0 Å². The van der Waals surface area contributed by atoms with Gasteiger partial charge in [0.15, 0.2) is 0 Å². The third kappa shape index (κ3) is 5.30. The molecule has 0 aliphatic rings. The average Bonchev–Trinajstić information content (AvgIpc) is 4.03. The van der Waals surface area contributed by atoms with Crippen molar-refractivity contribution in [2.24, 2.45) is 0 Å². The van der Waals surface area contributed by atoms with Crippen molar-refractivity contribution in [3.63, 3.8) is 0 Å². The Kier molecular flexibility index (Phi) is 7.78. The minimum Gasteiger partial charge on any atom is -0.455 e. The second-order valence-electron chi connectivity index (χ2n) is 16.0. The second kappa shape index (κ2) is 13.8. The standard InChI is InChI=1S/C58H36N2OS/c1-4-16-37(17-5-1)40-34-47(38-18-6-2-7-19-38)56-49(35-40)55-50(26-15-27-51(55)60(56)41-21-8-3-9-22-41)59(52-28-14-25-46-44-24-12-13-29-54(44)62-58(46)52)42-31-33-53-48(36-42)45-32-30-39-20-10-11-23-43(39)57(45)61-53/h1-36H. The highest BCUT2D eigenvalue weighted by atomic mass is 32.1. The van der Waals surface area contributed by atoms with Crippen molar-refractivity contribution in [3.05, 3.63) is 218 Å². The Morgan fingerprint density at radius 1 is 0.435 bits per heavy atom. The Bertz CT molecular complexity index is 3860. The zero-order valence-corrected chi connectivity index (χ0v) is 34.3. The Balaban J connectivity index is 1.18. The molecule has 0 bridgehead atoms. The third-order valence-corrected chi connectivity index (χ3v) is 13.7. The number of furan rings is 1. The normalized spacial score (nSPS) is 11.9.